The van der Waals surface area contributed by atoms with Crippen molar-refractivity contribution in [3.8, 4) is 0 Å². The lowest BCUT2D eigenvalue weighted by molar-refractivity contribution is 0.0950. The van der Waals surface area contributed by atoms with E-state index in [9.17, 15) is 9.59 Å². The lowest BCUT2D eigenvalue weighted by Gasteiger charge is -2.08. The van der Waals surface area contributed by atoms with E-state index in [-0.39, 0.29) is 12.5 Å². The minimum Gasteiger partial charge on any atom is -0.444 e. The van der Waals surface area contributed by atoms with Crippen LogP contribution in [0.2, 0.25) is 5.02 Å². The minimum absolute atomic E-state index is 0.154. The van der Waals surface area contributed by atoms with Crippen molar-refractivity contribution < 1.29 is 14.3 Å². The lowest BCUT2D eigenvalue weighted by atomic mass is 10.2. The Morgan fingerprint density at radius 3 is 2.39 bits per heavy atom. The van der Waals surface area contributed by atoms with Crippen LogP contribution >= 0.6 is 11.6 Å². The fourth-order valence-corrected chi connectivity index (χ4v) is 2.54. The van der Waals surface area contributed by atoms with Gasteiger partial charge in [-0.3, -0.25) is 14.8 Å². The smallest absolute Gasteiger partial charge is 0.411 e. The number of hydrogen-bond donors (Lipinski definition) is 2. The van der Waals surface area contributed by atoms with Crippen molar-refractivity contribution in [2.45, 2.75) is 13.2 Å². The second-order valence-corrected chi connectivity index (χ2v) is 6.55. The van der Waals surface area contributed by atoms with E-state index < -0.39 is 6.09 Å². The van der Waals surface area contributed by atoms with Crippen LogP contribution in [0.1, 0.15) is 21.5 Å². The van der Waals surface area contributed by atoms with Gasteiger partial charge in [-0.1, -0.05) is 35.9 Å². The molecular formula is C20H19ClN4O3. The van der Waals surface area contributed by atoms with Crippen LogP contribution in [-0.2, 0) is 24.9 Å². The van der Waals surface area contributed by atoms with Crippen LogP contribution in [0.3, 0.4) is 0 Å². The molecule has 8 heteroatoms. The van der Waals surface area contributed by atoms with Crippen molar-refractivity contribution in [3.05, 3.63) is 82.6 Å². The number of hydrogen-bond acceptors (Lipinski definition) is 4. The number of halogens is 1. The van der Waals surface area contributed by atoms with Gasteiger partial charge in [0, 0.05) is 30.5 Å². The molecule has 0 saturated carbocycles. The third-order valence-electron chi connectivity index (χ3n) is 3.90. The molecule has 2 N–H and O–H groups in total. The zero-order valence-corrected chi connectivity index (χ0v) is 15.9. The van der Waals surface area contributed by atoms with Crippen molar-refractivity contribution >= 4 is 29.3 Å². The molecule has 7 nitrogen and oxygen atoms in total. The molecule has 0 unspecified atom stereocenters. The Hall–Kier alpha value is -3.32. The van der Waals surface area contributed by atoms with Gasteiger partial charge in [0.1, 0.15) is 6.61 Å². The van der Waals surface area contributed by atoms with Gasteiger partial charge in [-0.05, 0) is 35.4 Å². The molecule has 0 aliphatic carbocycles. The zero-order chi connectivity index (χ0) is 19.9. The van der Waals surface area contributed by atoms with Gasteiger partial charge in [-0.25, -0.2) is 4.79 Å². The van der Waals surface area contributed by atoms with E-state index >= 15 is 0 Å². The van der Waals surface area contributed by atoms with E-state index in [0.29, 0.717) is 22.8 Å². The quantitative estimate of drug-likeness (QED) is 0.662. The summed E-state index contributed by atoms with van der Waals surface area (Å²) in [5.41, 5.74) is 2.85. The van der Waals surface area contributed by atoms with Gasteiger partial charge in [-0.2, -0.15) is 5.10 Å². The molecule has 0 fully saturated rings. The monoisotopic (exact) mass is 398 g/mol. The van der Waals surface area contributed by atoms with Crippen LogP contribution in [0.4, 0.5) is 10.5 Å². The number of ether oxygens (including phenoxy) is 1. The normalized spacial score (nSPS) is 10.4. The fourth-order valence-electron chi connectivity index (χ4n) is 2.41. The predicted octanol–water partition coefficient (Wildman–Crippen LogP) is 3.75. The standard InChI is InChI=1S/C20H19ClN4O3/c1-25-12-16(11-23-25)19(26)22-10-14-4-8-18(9-5-14)24-20(27)28-13-15-2-6-17(21)7-3-15/h2-9,11-12H,10,13H2,1H3,(H,22,26)(H,24,27). The first-order valence-electron chi connectivity index (χ1n) is 8.53. The highest BCUT2D eigenvalue weighted by Crippen LogP contribution is 2.12. The predicted molar refractivity (Wildman–Crippen MR) is 106 cm³/mol. The molecule has 3 rings (SSSR count). The number of aromatic nitrogens is 2. The summed E-state index contributed by atoms with van der Waals surface area (Å²) in [6.07, 6.45) is 2.61. The summed E-state index contributed by atoms with van der Waals surface area (Å²) in [5.74, 6) is -0.193. The van der Waals surface area contributed by atoms with E-state index in [1.54, 1.807) is 54.3 Å². The zero-order valence-electron chi connectivity index (χ0n) is 15.2. The van der Waals surface area contributed by atoms with Gasteiger partial charge < -0.3 is 10.1 Å². The number of aryl methyl sites for hydroxylation is 1. The second-order valence-electron chi connectivity index (χ2n) is 6.11. The van der Waals surface area contributed by atoms with Crippen LogP contribution in [0.5, 0.6) is 0 Å². The van der Waals surface area contributed by atoms with E-state index in [1.807, 2.05) is 12.1 Å². The first-order chi connectivity index (χ1) is 13.5. The molecule has 3 aromatic rings. The first-order valence-corrected chi connectivity index (χ1v) is 8.91. The summed E-state index contributed by atoms with van der Waals surface area (Å²) < 4.78 is 6.74. The molecule has 0 bridgehead atoms. The summed E-state index contributed by atoms with van der Waals surface area (Å²) in [6, 6.07) is 14.2. The van der Waals surface area contributed by atoms with Crippen LogP contribution < -0.4 is 10.6 Å². The molecule has 0 radical (unpaired) electrons. The third-order valence-corrected chi connectivity index (χ3v) is 4.16. The van der Waals surface area contributed by atoms with Crippen molar-refractivity contribution in [3.63, 3.8) is 0 Å². The Bertz CT molecular complexity index is 952. The number of nitrogens with one attached hydrogen (secondary N) is 2. The highest BCUT2D eigenvalue weighted by Gasteiger charge is 2.08. The molecular weight excluding hydrogens is 380 g/mol. The highest BCUT2D eigenvalue weighted by atomic mass is 35.5. The van der Waals surface area contributed by atoms with Gasteiger partial charge in [0.25, 0.3) is 5.91 Å². The molecule has 0 aliphatic heterocycles. The molecule has 144 valence electrons. The Morgan fingerprint density at radius 1 is 1.07 bits per heavy atom. The highest BCUT2D eigenvalue weighted by molar-refractivity contribution is 6.30. The minimum atomic E-state index is -0.549. The average molecular weight is 399 g/mol. The maximum absolute atomic E-state index is 12.0. The van der Waals surface area contributed by atoms with E-state index in [1.165, 1.54) is 6.20 Å². The molecule has 2 aromatic carbocycles. The summed E-state index contributed by atoms with van der Waals surface area (Å²) in [7, 11) is 1.75. The SMILES string of the molecule is Cn1cc(C(=O)NCc2ccc(NC(=O)OCc3ccc(Cl)cc3)cc2)cn1. The van der Waals surface area contributed by atoms with Crippen molar-refractivity contribution in [2.24, 2.45) is 7.05 Å². The summed E-state index contributed by atoms with van der Waals surface area (Å²) in [5, 5.41) is 10.1. The van der Waals surface area contributed by atoms with Crippen LogP contribution in [0.25, 0.3) is 0 Å². The van der Waals surface area contributed by atoms with Crippen LogP contribution in [0, 0.1) is 0 Å². The molecule has 0 atom stereocenters. The van der Waals surface area contributed by atoms with Crippen molar-refractivity contribution in [2.75, 3.05) is 5.32 Å². The molecule has 2 amide bonds. The molecule has 0 saturated heterocycles. The fraction of sp³-hybridized carbons (Fsp3) is 0.150. The van der Waals surface area contributed by atoms with Crippen molar-refractivity contribution in [1.82, 2.24) is 15.1 Å². The maximum Gasteiger partial charge on any atom is 0.411 e. The van der Waals surface area contributed by atoms with E-state index in [0.717, 1.165) is 11.1 Å². The number of carbonyl (C=O) groups excluding carboxylic acids is 2. The lowest BCUT2D eigenvalue weighted by Crippen LogP contribution is -2.22. The van der Waals surface area contributed by atoms with Gasteiger partial charge in [0.15, 0.2) is 0 Å². The number of carbonyl (C=O) groups is 2. The third kappa shape index (κ3) is 5.59. The summed E-state index contributed by atoms with van der Waals surface area (Å²) in [4.78, 5) is 23.9. The van der Waals surface area contributed by atoms with Crippen LogP contribution in [-0.4, -0.2) is 21.8 Å². The molecule has 0 spiro atoms. The second kappa shape index (κ2) is 9.05. The number of rotatable bonds is 6. The maximum atomic E-state index is 12.0. The first kappa shape index (κ1) is 19.4. The Kier molecular flexibility index (Phi) is 6.29. The summed E-state index contributed by atoms with van der Waals surface area (Å²) in [6.45, 7) is 0.524. The summed E-state index contributed by atoms with van der Waals surface area (Å²) >= 11 is 5.82. The van der Waals surface area contributed by atoms with E-state index in [2.05, 4.69) is 15.7 Å². The number of benzene rings is 2. The van der Waals surface area contributed by atoms with Gasteiger partial charge in [0.05, 0.1) is 11.8 Å². The Labute approximate surface area is 167 Å². The Balaban J connectivity index is 1.45. The number of anilines is 1. The van der Waals surface area contributed by atoms with Gasteiger partial charge in [-0.15, -0.1) is 0 Å². The number of amides is 2. The molecule has 0 aliphatic rings. The van der Waals surface area contributed by atoms with Crippen molar-refractivity contribution in [1.29, 1.82) is 0 Å². The topological polar surface area (TPSA) is 85.2 Å². The largest absolute Gasteiger partial charge is 0.444 e. The molecule has 1 aromatic heterocycles. The molecule has 28 heavy (non-hydrogen) atoms. The molecule has 1 heterocycles. The average Bonchev–Trinajstić information content (AvgIpc) is 3.13. The number of nitrogens with zero attached hydrogens (tertiary/aromatic N) is 2. The van der Waals surface area contributed by atoms with Crippen LogP contribution in [0.15, 0.2) is 60.9 Å². The Morgan fingerprint density at radius 2 is 1.75 bits per heavy atom. The van der Waals surface area contributed by atoms with E-state index in [4.69, 9.17) is 16.3 Å². The van der Waals surface area contributed by atoms with Gasteiger partial charge >= 0.3 is 6.09 Å². The van der Waals surface area contributed by atoms with Gasteiger partial charge in [0.2, 0.25) is 0 Å².